The normalized spacial score (nSPS) is 22.1. The minimum Gasteiger partial charge on any atom is -0.390 e. The summed E-state index contributed by atoms with van der Waals surface area (Å²) in [6.45, 7) is 5.14. The number of aliphatic hydroxyl groups is 1. The first kappa shape index (κ1) is 17.4. The molecule has 4 nitrogen and oxygen atoms in total. The summed E-state index contributed by atoms with van der Waals surface area (Å²) in [5.41, 5.74) is 0.141. The number of carbonyl (C=O) groups excluding carboxylic acids is 1. The van der Waals surface area contributed by atoms with E-state index in [4.69, 9.17) is 0 Å². The molecule has 1 aromatic carbocycles. The van der Waals surface area contributed by atoms with Gasteiger partial charge in [-0.3, -0.25) is 4.79 Å². The zero-order valence-corrected chi connectivity index (χ0v) is 14.3. The number of nitrogens with zero attached hydrogens (tertiary/aromatic N) is 1. The predicted molar refractivity (Wildman–Crippen MR) is 91.2 cm³/mol. The number of aliphatic hydroxyl groups excluding tert-OH is 1. The van der Waals surface area contributed by atoms with Crippen LogP contribution in [0.4, 0.5) is 4.39 Å². The number of β-amino-alcohol motifs (C(OH)–C–C–N with tert-alkyl or cyclic N) is 1. The van der Waals surface area contributed by atoms with Crippen molar-refractivity contribution >= 4 is 5.91 Å². The topological polar surface area (TPSA) is 52.6 Å². The summed E-state index contributed by atoms with van der Waals surface area (Å²) in [5.74, 6) is 0.351. The van der Waals surface area contributed by atoms with Gasteiger partial charge in [0.15, 0.2) is 0 Å². The molecule has 3 rings (SSSR count). The van der Waals surface area contributed by atoms with E-state index in [0.29, 0.717) is 6.54 Å². The molecule has 0 aromatic heterocycles. The molecule has 2 fully saturated rings. The van der Waals surface area contributed by atoms with Gasteiger partial charge in [0.2, 0.25) is 5.91 Å². The van der Waals surface area contributed by atoms with Crippen LogP contribution in [0.1, 0.15) is 38.2 Å². The molecule has 24 heavy (non-hydrogen) atoms. The Balaban J connectivity index is 1.48. The van der Waals surface area contributed by atoms with E-state index in [1.165, 1.54) is 25.0 Å². The molecule has 0 radical (unpaired) electrons. The largest absolute Gasteiger partial charge is 0.390 e. The quantitative estimate of drug-likeness (QED) is 0.837. The van der Waals surface area contributed by atoms with E-state index in [1.54, 1.807) is 12.1 Å². The van der Waals surface area contributed by atoms with Crippen molar-refractivity contribution in [3.63, 3.8) is 0 Å². The number of rotatable bonds is 6. The van der Waals surface area contributed by atoms with Gasteiger partial charge in [0.25, 0.3) is 0 Å². The van der Waals surface area contributed by atoms with Crippen molar-refractivity contribution in [1.29, 1.82) is 0 Å². The molecule has 1 aromatic rings. The van der Waals surface area contributed by atoms with E-state index in [2.05, 4.69) is 17.1 Å². The van der Waals surface area contributed by atoms with Gasteiger partial charge in [-0.05, 0) is 62.4 Å². The van der Waals surface area contributed by atoms with Crippen LogP contribution < -0.4 is 5.32 Å². The maximum Gasteiger partial charge on any atom is 0.230 e. The van der Waals surface area contributed by atoms with Crippen LogP contribution in [0.3, 0.4) is 0 Å². The lowest BCUT2D eigenvalue weighted by molar-refractivity contribution is -0.124. The summed E-state index contributed by atoms with van der Waals surface area (Å²) in [7, 11) is 0. The van der Waals surface area contributed by atoms with E-state index in [-0.39, 0.29) is 18.3 Å². The van der Waals surface area contributed by atoms with Crippen molar-refractivity contribution in [2.45, 2.75) is 44.1 Å². The van der Waals surface area contributed by atoms with Gasteiger partial charge in [-0.1, -0.05) is 19.1 Å². The number of amides is 1. The molecule has 132 valence electrons. The second-order valence-corrected chi connectivity index (χ2v) is 7.44. The summed E-state index contributed by atoms with van der Waals surface area (Å²) in [6, 6.07) is 6.28. The number of likely N-dealkylation sites (tertiary alicyclic amines) is 1. The minimum absolute atomic E-state index is 0.0978. The molecule has 5 heteroatoms. The van der Waals surface area contributed by atoms with Gasteiger partial charge in [-0.2, -0.15) is 0 Å². The lowest BCUT2D eigenvalue weighted by Gasteiger charge is -2.31. The second-order valence-electron chi connectivity index (χ2n) is 7.44. The van der Waals surface area contributed by atoms with Gasteiger partial charge in [-0.15, -0.1) is 0 Å². The van der Waals surface area contributed by atoms with E-state index < -0.39 is 11.5 Å². The standard InChI is InChI=1S/C19H27FN2O2/c1-14-5-9-22(10-6-14)13-17(23)12-21-18(24)19(7-8-19)15-3-2-4-16(20)11-15/h2-4,11,14,17,23H,5-10,12-13H2,1H3,(H,21,24). The fourth-order valence-corrected chi connectivity index (χ4v) is 3.54. The van der Waals surface area contributed by atoms with E-state index in [1.807, 2.05) is 0 Å². The zero-order valence-electron chi connectivity index (χ0n) is 14.3. The minimum atomic E-state index is -0.595. The maximum absolute atomic E-state index is 13.4. The third-order valence-electron chi connectivity index (χ3n) is 5.41. The lowest BCUT2D eigenvalue weighted by Crippen LogP contribution is -2.45. The van der Waals surface area contributed by atoms with Gasteiger partial charge >= 0.3 is 0 Å². The first-order valence-electron chi connectivity index (χ1n) is 8.94. The first-order chi connectivity index (χ1) is 11.5. The highest BCUT2D eigenvalue weighted by Gasteiger charge is 2.51. The molecule has 1 unspecified atom stereocenters. The fraction of sp³-hybridized carbons (Fsp3) is 0.632. The number of hydrogen-bond donors (Lipinski definition) is 2. The van der Waals surface area contributed by atoms with E-state index in [9.17, 15) is 14.3 Å². The molecule has 1 aliphatic heterocycles. The summed E-state index contributed by atoms with van der Waals surface area (Å²) in [5, 5.41) is 13.1. The SMILES string of the molecule is CC1CCN(CC(O)CNC(=O)C2(c3cccc(F)c3)CC2)CC1. The molecular weight excluding hydrogens is 307 g/mol. The Morgan fingerprint density at radius 1 is 1.42 bits per heavy atom. The van der Waals surface area contributed by atoms with Crippen LogP contribution in [0, 0.1) is 11.7 Å². The van der Waals surface area contributed by atoms with Gasteiger partial charge in [0, 0.05) is 13.1 Å². The lowest BCUT2D eigenvalue weighted by atomic mass is 9.95. The van der Waals surface area contributed by atoms with Crippen molar-refractivity contribution in [3.05, 3.63) is 35.6 Å². The Labute approximate surface area is 143 Å². The van der Waals surface area contributed by atoms with Gasteiger partial charge in [0.05, 0.1) is 11.5 Å². The summed E-state index contributed by atoms with van der Waals surface area (Å²) >= 11 is 0. The molecule has 1 saturated carbocycles. The van der Waals surface area contributed by atoms with Crippen LogP contribution >= 0.6 is 0 Å². The summed E-state index contributed by atoms with van der Waals surface area (Å²) < 4.78 is 13.4. The third kappa shape index (κ3) is 3.95. The van der Waals surface area contributed by atoms with Crippen LogP contribution in [-0.4, -0.2) is 48.2 Å². The molecule has 1 saturated heterocycles. The number of benzene rings is 1. The Kier molecular flexibility index (Phi) is 5.21. The molecule has 2 N–H and O–H groups in total. The molecule has 0 bridgehead atoms. The van der Waals surface area contributed by atoms with Crippen LogP contribution in [-0.2, 0) is 10.2 Å². The van der Waals surface area contributed by atoms with Gasteiger partial charge in [-0.25, -0.2) is 4.39 Å². The molecule has 0 spiro atoms. The summed E-state index contributed by atoms with van der Waals surface area (Å²) in [6.07, 6.45) is 3.25. The average molecular weight is 334 g/mol. The Hall–Kier alpha value is -1.46. The Bertz CT molecular complexity index is 580. The number of piperidine rings is 1. The molecule has 2 aliphatic rings. The van der Waals surface area contributed by atoms with Crippen LogP contribution in [0.5, 0.6) is 0 Å². The van der Waals surface area contributed by atoms with Crippen LogP contribution in [0.15, 0.2) is 24.3 Å². The van der Waals surface area contributed by atoms with Crippen LogP contribution in [0.2, 0.25) is 0 Å². The number of hydrogen-bond acceptors (Lipinski definition) is 3. The average Bonchev–Trinajstić information content (AvgIpc) is 3.37. The highest BCUT2D eigenvalue weighted by molar-refractivity contribution is 5.91. The van der Waals surface area contributed by atoms with Gasteiger partial charge < -0.3 is 15.3 Å². The second kappa shape index (κ2) is 7.19. The Morgan fingerprint density at radius 2 is 2.12 bits per heavy atom. The Morgan fingerprint density at radius 3 is 2.75 bits per heavy atom. The van der Waals surface area contributed by atoms with Crippen LogP contribution in [0.25, 0.3) is 0 Å². The van der Waals surface area contributed by atoms with Gasteiger partial charge in [0.1, 0.15) is 5.82 Å². The first-order valence-corrected chi connectivity index (χ1v) is 8.94. The van der Waals surface area contributed by atoms with Crippen molar-refractivity contribution in [3.8, 4) is 0 Å². The molecule has 1 atom stereocenters. The van der Waals surface area contributed by atoms with Crippen molar-refractivity contribution < 1.29 is 14.3 Å². The summed E-state index contributed by atoms with van der Waals surface area (Å²) in [4.78, 5) is 14.8. The monoisotopic (exact) mass is 334 g/mol. The predicted octanol–water partition coefficient (Wildman–Crippen LogP) is 2.07. The highest BCUT2D eigenvalue weighted by atomic mass is 19.1. The maximum atomic E-state index is 13.4. The fourth-order valence-electron chi connectivity index (χ4n) is 3.54. The molecule has 1 heterocycles. The molecular formula is C19H27FN2O2. The van der Waals surface area contributed by atoms with Crippen molar-refractivity contribution in [2.24, 2.45) is 5.92 Å². The van der Waals surface area contributed by atoms with E-state index >= 15 is 0 Å². The molecule has 1 aliphatic carbocycles. The van der Waals surface area contributed by atoms with Crippen molar-refractivity contribution in [1.82, 2.24) is 10.2 Å². The zero-order chi connectivity index (χ0) is 17.2. The highest BCUT2D eigenvalue weighted by Crippen LogP contribution is 2.48. The molecule has 1 amide bonds. The van der Waals surface area contributed by atoms with Crippen molar-refractivity contribution in [2.75, 3.05) is 26.2 Å². The number of nitrogens with one attached hydrogen (secondary N) is 1. The van der Waals surface area contributed by atoms with E-state index in [0.717, 1.165) is 37.4 Å². The number of carbonyl (C=O) groups is 1. The number of halogens is 1. The smallest absolute Gasteiger partial charge is 0.230 e. The third-order valence-corrected chi connectivity index (χ3v) is 5.41.